The number of likely N-dealkylation sites (tertiary alicyclic amines) is 1. The normalized spacial score (nSPS) is 28.4. The number of hydrogen-bond acceptors (Lipinski definition) is 9. The number of hydrogen-bond donors (Lipinski definition) is 0. The Balaban J connectivity index is 1.38. The van der Waals surface area contributed by atoms with Crippen LogP contribution in [0.1, 0.15) is 52.9 Å². The van der Waals surface area contributed by atoms with Crippen molar-refractivity contribution in [1.82, 2.24) is 30.0 Å². The van der Waals surface area contributed by atoms with E-state index < -0.39 is 0 Å². The molecule has 11 nitrogen and oxygen atoms in total. The lowest BCUT2D eigenvalue weighted by molar-refractivity contribution is -0.139. The van der Waals surface area contributed by atoms with E-state index in [-0.39, 0.29) is 29.4 Å². The number of nitrogens with zero attached hydrogens (tertiary/aromatic N) is 8. The molecule has 11 heteroatoms. The molecule has 1 aromatic rings. The van der Waals surface area contributed by atoms with Crippen molar-refractivity contribution in [2.45, 2.75) is 58.4 Å². The third-order valence-corrected chi connectivity index (χ3v) is 7.74. The van der Waals surface area contributed by atoms with Gasteiger partial charge in [0.25, 0.3) is 0 Å². The number of tetrazole rings is 1. The number of aromatic nitrogens is 4. The summed E-state index contributed by atoms with van der Waals surface area (Å²) in [6.45, 7) is 11.1. The molecule has 1 saturated carbocycles. The molecule has 1 aromatic heterocycles. The van der Waals surface area contributed by atoms with Crippen molar-refractivity contribution in [2.24, 2.45) is 15.4 Å². The highest BCUT2D eigenvalue weighted by Gasteiger charge is 2.52. The van der Waals surface area contributed by atoms with Crippen LogP contribution in [0.2, 0.25) is 0 Å². The van der Waals surface area contributed by atoms with Gasteiger partial charge in [-0.3, -0.25) is 14.7 Å². The van der Waals surface area contributed by atoms with Crippen molar-refractivity contribution in [1.29, 1.82) is 0 Å². The van der Waals surface area contributed by atoms with Crippen LogP contribution in [0.3, 0.4) is 0 Å². The van der Waals surface area contributed by atoms with E-state index in [2.05, 4.69) is 51.1 Å². The van der Waals surface area contributed by atoms with E-state index in [4.69, 9.17) is 4.74 Å². The fourth-order valence-electron chi connectivity index (χ4n) is 5.12. The first-order valence-corrected chi connectivity index (χ1v) is 11.5. The maximum absolute atomic E-state index is 13.4. The maximum Gasteiger partial charge on any atom is 0.336 e. The van der Waals surface area contributed by atoms with Gasteiger partial charge < -0.3 is 9.64 Å². The monoisotopic (exact) mass is 468 g/mol. The zero-order chi connectivity index (χ0) is 24.5. The quantitative estimate of drug-likeness (QED) is 0.443. The van der Waals surface area contributed by atoms with Crippen molar-refractivity contribution >= 4 is 30.1 Å². The van der Waals surface area contributed by atoms with Gasteiger partial charge in [0.2, 0.25) is 5.91 Å². The second-order valence-corrected chi connectivity index (χ2v) is 9.75. The molecular formula is C23H32N8O3. The number of rotatable bonds is 7. The number of carbonyl (C=O) groups excluding carboxylic acids is 2. The first-order valence-electron chi connectivity index (χ1n) is 11.5. The van der Waals surface area contributed by atoms with Crippen LogP contribution in [0.25, 0.3) is 5.82 Å². The van der Waals surface area contributed by atoms with Crippen molar-refractivity contribution < 1.29 is 14.3 Å². The molecule has 0 aromatic carbocycles. The molecule has 2 aliphatic heterocycles. The Morgan fingerprint density at radius 2 is 2.03 bits per heavy atom. The third-order valence-electron chi connectivity index (χ3n) is 7.74. The topological polar surface area (TPSA) is 118 Å². The number of esters is 1. The number of amides is 1. The Kier molecular flexibility index (Phi) is 6.48. The first-order chi connectivity index (χ1) is 16.2. The summed E-state index contributed by atoms with van der Waals surface area (Å²) in [4.78, 5) is 37.7. The fourth-order valence-corrected chi connectivity index (χ4v) is 5.12. The molecule has 3 heterocycles. The summed E-state index contributed by atoms with van der Waals surface area (Å²) in [5.41, 5.74) is 1.86. The highest BCUT2D eigenvalue weighted by molar-refractivity contribution is 5.94. The Bertz CT molecular complexity index is 1060. The van der Waals surface area contributed by atoms with Crippen molar-refractivity contribution in [2.75, 3.05) is 26.7 Å². The van der Waals surface area contributed by atoms with Crippen LogP contribution in [0, 0.1) is 5.41 Å². The predicted octanol–water partition coefficient (Wildman–Crippen LogP) is 1.90. The van der Waals surface area contributed by atoms with Gasteiger partial charge in [-0.05, 0) is 77.1 Å². The SMILES string of the molecule is C=N/C(=C\N=C(C)CN(C)C1(C)CCC2(CCN(C3=C(C)C(=O)OC3)C2=O)CC1)n1cnnn1. The zero-order valence-corrected chi connectivity index (χ0v) is 20.3. The van der Waals surface area contributed by atoms with Gasteiger partial charge in [0.05, 0.1) is 22.9 Å². The molecule has 34 heavy (non-hydrogen) atoms. The molecule has 1 saturated heterocycles. The molecule has 0 radical (unpaired) electrons. The van der Waals surface area contributed by atoms with Crippen molar-refractivity contribution in [3.05, 3.63) is 23.8 Å². The van der Waals surface area contributed by atoms with Crippen LogP contribution in [-0.2, 0) is 14.3 Å². The smallest absolute Gasteiger partial charge is 0.336 e. The summed E-state index contributed by atoms with van der Waals surface area (Å²) in [5, 5.41) is 11.0. The molecular weight excluding hydrogens is 436 g/mol. The van der Waals surface area contributed by atoms with Crippen LogP contribution in [0.5, 0.6) is 0 Å². The molecule has 1 spiro atoms. The Labute approximate surface area is 199 Å². The Morgan fingerprint density at radius 1 is 1.29 bits per heavy atom. The van der Waals surface area contributed by atoms with E-state index in [1.807, 2.05) is 6.92 Å². The average Bonchev–Trinajstić information content (AvgIpc) is 3.54. The molecule has 0 N–H and O–H groups in total. The second kappa shape index (κ2) is 9.21. The van der Waals surface area contributed by atoms with Gasteiger partial charge in [-0.2, -0.15) is 4.68 Å². The lowest BCUT2D eigenvalue weighted by Crippen LogP contribution is -2.51. The molecule has 0 unspecified atom stereocenters. The van der Waals surface area contributed by atoms with Crippen LogP contribution < -0.4 is 0 Å². The van der Waals surface area contributed by atoms with E-state index in [9.17, 15) is 9.59 Å². The summed E-state index contributed by atoms with van der Waals surface area (Å²) < 4.78 is 6.53. The Morgan fingerprint density at radius 3 is 2.62 bits per heavy atom. The minimum atomic E-state index is -0.332. The number of carbonyl (C=O) groups is 2. The lowest BCUT2D eigenvalue weighted by atomic mass is 9.66. The van der Waals surface area contributed by atoms with Crippen LogP contribution >= 0.6 is 0 Å². The highest BCUT2D eigenvalue weighted by atomic mass is 16.5. The zero-order valence-electron chi connectivity index (χ0n) is 20.3. The minimum Gasteiger partial charge on any atom is -0.456 e. The molecule has 1 aliphatic carbocycles. The summed E-state index contributed by atoms with van der Waals surface area (Å²) in [5.74, 6) is 0.282. The van der Waals surface area contributed by atoms with Crippen LogP contribution in [-0.4, -0.2) is 86.6 Å². The van der Waals surface area contributed by atoms with Crippen molar-refractivity contribution in [3.63, 3.8) is 0 Å². The number of aliphatic imine (C=N–C) groups is 2. The Hall–Kier alpha value is -3.21. The van der Waals surface area contributed by atoms with Crippen LogP contribution in [0.15, 0.2) is 33.8 Å². The fraction of sp³-hybridized carbons (Fsp3) is 0.609. The number of ether oxygens (including phenoxy) is 1. The van der Waals surface area contributed by atoms with E-state index >= 15 is 0 Å². The molecule has 4 rings (SSSR count). The van der Waals surface area contributed by atoms with Gasteiger partial charge >= 0.3 is 5.97 Å². The molecule has 182 valence electrons. The van der Waals surface area contributed by atoms with Gasteiger partial charge in [0.1, 0.15) is 12.9 Å². The van der Waals surface area contributed by atoms with E-state index in [1.165, 1.54) is 11.0 Å². The maximum atomic E-state index is 13.4. The molecule has 2 fully saturated rings. The third kappa shape index (κ3) is 4.31. The van der Waals surface area contributed by atoms with Gasteiger partial charge in [-0.25, -0.2) is 9.79 Å². The minimum absolute atomic E-state index is 0.0313. The molecule has 1 amide bonds. The average molecular weight is 469 g/mol. The van der Waals surface area contributed by atoms with Gasteiger partial charge in [-0.1, -0.05) is 0 Å². The van der Waals surface area contributed by atoms with Crippen molar-refractivity contribution in [3.8, 4) is 0 Å². The summed E-state index contributed by atoms with van der Waals surface area (Å²) in [6.07, 6.45) is 7.39. The van der Waals surface area contributed by atoms with Crippen LogP contribution in [0.4, 0.5) is 0 Å². The van der Waals surface area contributed by atoms with Gasteiger partial charge in [0, 0.05) is 24.3 Å². The summed E-state index contributed by atoms with van der Waals surface area (Å²) in [6, 6.07) is 0. The number of cyclic esters (lactones) is 1. The van der Waals surface area contributed by atoms with E-state index in [0.717, 1.165) is 43.5 Å². The molecule has 0 bridgehead atoms. The van der Waals surface area contributed by atoms with E-state index in [0.29, 0.717) is 24.5 Å². The van der Waals surface area contributed by atoms with E-state index in [1.54, 1.807) is 18.0 Å². The molecule has 0 atom stereocenters. The summed E-state index contributed by atoms with van der Waals surface area (Å²) >= 11 is 0. The summed E-state index contributed by atoms with van der Waals surface area (Å²) in [7, 11) is 2.10. The predicted molar refractivity (Wildman–Crippen MR) is 127 cm³/mol. The largest absolute Gasteiger partial charge is 0.456 e. The highest BCUT2D eigenvalue weighted by Crippen LogP contribution is 2.50. The second-order valence-electron chi connectivity index (χ2n) is 9.75. The van der Waals surface area contributed by atoms with Gasteiger partial charge in [-0.15, -0.1) is 5.10 Å². The standard InChI is InChI=1S/C23H32N8O3/c1-16(25-12-19(24-4)31-15-26-27-28-31)13-29(5)22(3)6-8-23(9-7-22)10-11-30(21(23)33)18-14-34-20(32)17(18)2/h12,15H,4,6-11,13-14H2,1-3,5H3/b19-12+,25-16?. The lowest BCUT2D eigenvalue weighted by Gasteiger charge is -2.47. The first kappa shape index (κ1) is 23.9. The van der Waals surface area contributed by atoms with Gasteiger partial charge in [0.15, 0.2) is 5.82 Å². The molecule has 3 aliphatic rings.